The number of ether oxygens (including phenoxy) is 3. The first-order valence-corrected chi connectivity index (χ1v) is 10.8. The zero-order chi connectivity index (χ0) is 22.5. The molecule has 0 aromatic carbocycles. The molecule has 0 saturated heterocycles. The molecule has 1 fully saturated rings. The number of thioether (sulfide) groups is 1. The maximum Gasteiger partial charge on any atom is 0.397 e. The average molecular weight is 452 g/mol. The van der Waals surface area contributed by atoms with Gasteiger partial charge in [0.1, 0.15) is 5.57 Å². The summed E-state index contributed by atoms with van der Waals surface area (Å²) in [6.45, 7) is 1.61. The number of carbonyl (C=O) groups excluding carboxylic acids is 4. The Bertz CT molecular complexity index is 863. The van der Waals surface area contributed by atoms with Crippen molar-refractivity contribution < 1.29 is 33.4 Å². The molecule has 0 spiro atoms. The number of carbonyl (C=O) groups is 4. The number of hydrogen-bond donors (Lipinski definition) is 0. The number of esters is 3. The lowest BCUT2D eigenvalue weighted by Gasteiger charge is -2.38. The van der Waals surface area contributed by atoms with E-state index in [1.54, 1.807) is 6.92 Å². The summed E-state index contributed by atoms with van der Waals surface area (Å²) in [5, 5.41) is 5.60. The van der Waals surface area contributed by atoms with Crippen molar-refractivity contribution >= 4 is 46.3 Å². The number of nitrogens with zero attached hydrogens (tertiary/aromatic N) is 4. The molecule has 1 saturated carbocycles. The molecular formula is C19H24N4O7S. The lowest BCUT2D eigenvalue weighted by Crippen LogP contribution is -2.51. The van der Waals surface area contributed by atoms with Crippen LogP contribution in [0.2, 0.25) is 0 Å². The second-order valence-electron chi connectivity index (χ2n) is 6.92. The highest BCUT2D eigenvalue weighted by Gasteiger charge is 2.47. The van der Waals surface area contributed by atoms with E-state index in [9.17, 15) is 19.2 Å². The van der Waals surface area contributed by atoms with Gasteiger partial charge in [0.2, 0.25) is 0 Å². The summed E-state index contributed by atoms with van der Waals surface area (Å²) in [6.07, 6.45) is 3.92. The van der Waals surface area contributed by atoms with Gasteiger partial charge in [-0.15, -0.1) is 0 Å². The highest BCUT2D eigenvalue weighted by atomic mass is 32.2. The van der Waals surface area contributed by atoms with E-state index in [4.69, 9.17) is 14.2 Å². The molecule has 3 aliphatic rings. The number of hydrazone groups is 1. The molecule has 168 valence electrons. The third-order valence-corrected chi connectivity index (χ3v) is 5.84. The molecule has 0 aromatic rings. The van der Waals surface area contributed by atoms with E-state index in [0.29, 0.717) is 12.8 Å². The van der Waals surface area contributed by atoms with Crippen molar-refractivity contribution in [3.05, 3.63) is 11.4 Å². The summed E-state index contributed by atoms with van der Waals surface area (Å²) in [4.78, 5) is 56.6. The van der Waals surface area contributed by atoms with Crippen LogP contribution in [0.4, 0.5) is 0 Å². The summed E-state index contributed by atoms with van der Waals surface area (Å²) in [6, 6.07) is -1.70. The minimum atomic E-state index is -1.31. The first-order chi connectivity index (χ1) is 14.9. The van der Waals surface area contributed by atoms with Gasteiger partial charge < -0.3 is 14.2 Å². The Morgan fingerprint density at radius 3 is 2.48 bits per heavy atom. The predicted molar refractivity (Wildman–Crippen MR) is 111 cm³/mol. The molecule has 1 unspecified atom stereocenters. The van der Waals surface area contributed by atoms with Crippen LogP contribution in [0, 0.1) is 0 Å². The van der Waals surface area contributed by atoms with Crippen LogP contribution in [0.25, 0.3) is 0 Å². The first-order valence-electron chi connectivity index (χ1n) is 9.92. The van der Waals surface area contributed by atoms with Gasteiger partial charge in [-0.25, -0.2) is 24.4 Å². The molecule has 1 amide bonds. The van der Waals surface area contributed by atoms with Crippen LogP contribution in [0.15, 0.2) is 21.5 Å². The third kappa shape index (κ3) is 4.43. The Morgan fingerprint density at radius 2 is 1.87 bits per heavy atom. The van der Waals surface area contributed by atoms with Gasteiger partial charge in [0.25, 0.3) is 0 Å². The molecule has 3 rings (SSSR count). The zero-order valence-corrected chi connectivity index (χ0v) is 18.3. The van der Waals surface area contributed by atoms with Crippen LogP contribution in [-0.4, -0.2) is 77.3 Å². The molecule has 0 bridgehead atoms. The van der Waals surface area contributed by atoms with Crippen molar-refractivity contribution in [3.8, 4) is 0 Å². The van der Waals surface area contributed by atoms with E-state index in [0.717, 1.165) is 38.1 Å². The summed E-state index contributed by atoms with van der Waals surface area (Å²) >= 11 is 1.11. The lowest BCUT2D eigenvalue weighted by atomic mass is 9.93. The molecule has 2 heterocycles. The monoisotopic (exact) mass is 452 g/mol. The fraction of sp³-hybridized carbons (Fsp3) is 0.579. The second-order valence-corrected chi connectivity index (χ2v) is 7.73. The van der Waals surface area contributed by atoms with E-state index >= 15 is 0 Å². The van der Waals surface area contributed by atoms with E-state index in [2.05, 4.69) is 10.1 Å². The number of rotatable bonds is 5. The van der Waals surface area contributed by atoms with Gasteiger partial charge in [-0.05, 0) is 31.5 Å². The number of methoxy groups -OCH3 is 2. The topological polar surface area (TPSA) is 127 Å². The van der Waals surface area contributed by atoms with Gasteiger partial charge in [-0.2, -0.15) is 5.10 Å². The highest BCUT2D eigenvalue weighted by molar-refractivity contribution is 8.25. The molecule has 31 heavy (non-hydrogen) atoms. The van der Waals surface area contributed by atoms with E-state index in [-0.39, 0.29) is 29.2 Å². The molecule has 1 aliphatic carbocycles. The highest BCUT2D eigenvalue weighted by Crippen LogP contribution is 2.36. The fourth-order valence-electron chi connectivity index (χ4n) is 3.77. The van der Waals surface area contributed by atoms with Crippen LogP contribution >= 0.6 is 11.8 Å². The minimum absolute atomic E-state index is 0.0166. The van der Waals surface area contributed by atoms with Crippen LogP contribution in [-0.2, 0) is 33.4 Å². The minimum Gasteiger partial charge on any atom is -0.467 e. The maximum absolute atomic E-state index is 13.2. The van der Waals surface area contributed by atoms with Crippen molar-refractivity contribution in [1.29, 1.82) is 0 Å². The molecule has 0 radical (unpaired) electrons. The quantitative estimate of drug-likeness (QED) is 0.341. The van der Waals surface area contributed by atoms with E-state index in [1.807, 2.05) is 0 Å². The molecular weight excluding hydrogens is 428 g/mol. The SMILES string of the molecule is CCOC(=O)C(=O)N(C1=C(C(=O)OC)C(C(=O)OC)N2N=CSC2=N1)C1CCCCC1. The number of fused-ring (bicyclic) bond motifs is 1. The number of aliphatic imine (C=N–C) groups is 1. The van der Waals surface area contributed by atoms with Crippen LogP contribution < -0.4 is 0 Å². The van der Waals surface area contributed by atoms with Gasteiger partial charge in [-0.1, -0.05) is 19.3 Å². The van der Waals surface area contributed by atoms with Crippen LogP contribution in [0.1, 0.15) is 39.0 Å². The molecule has 0 N–H and O–H groups in total. The maximum atomic E-state index is 13.2. The van der Waals surface area contributed by atoms with Gasteiger partial charge >= 0.3 is 23.8 Å². The normalized spacial score (nSPS) is 20.7. The standard InChI is InChI=1S/C19H24N4O7S/c1-4-30-18(27)15(24)22(11-8-6-5-7-9-11)14-12(16(25)28-2)13(17(26)29-3)23-19(21-14)31-10-20-23/h10-11,13H,4-9H2,1-3H3. The van der Waals surface area contributed by atoms with Gasteiger partial charge in [0.05, 0.1) is 26.4 Å². The third-order valence-electron chi connectivity index (χ3n) is 5.15. The summed E-state index contributed by atoms with van der Waals surface area (Å²) < 4.78 is 14.7. The average Bonchev–Trinajstić information content (AvgIpc) is 3.26. The second kappa shape index (κ2) is 9.94. The van der Waals surface area contributed by atoms with Crippen molar-refractivity contribution in [2.45, 2.75) is 51.1 Å². The van der Waals surface area contributed by atoms with Crippen molar-refractivity contribution in [2.24, 2.45) is 10.1 Å². The summed E-state index contributed by atoms with van der Waals surface area (Å²) in [5.74, 6) is -3.78. The first kappa shape index (κ1) is 22.8. The molecule has 1 atom stereocenters. The molecule has 0 aromatic heterocycles. The Labute approximate surface area is 183 Å². The Kier molecular flexibility index (Phi) is 7.31. The number of amides is 1. The van der Waals surface area contributed by atoms with Crippen molar-refractivity contribution in [3.63, 3.8) is 0 Å². The van der Waals surface area contributed by atoms with Gasteiger partial charge in [0, 0.05) is 6.04 Å². The molecule has 2 aliphatic heterocycles. The Hall–Kier alpha value is -2.89. The van der Waals surface area contributed by atoms with E-state index < -0.39 is 29.9 Å². The van der Waals surface area contributed by atoms with Gasteiger partial charge in [-0.3, -0.25) is 9.69 Å². The van der Waals surface area contributed by atoms with Gasteiger partial charge in [0.15, 0.2) is 17.0 Å². The number of amidine groups is 1. The predicted octanol–water partition coefficient (Wildman–Crippen LogP) is 0.999. The van der Waals surface area contributed by atoms with E-state index in [1.165, 1.54) is 22.6 Å². The smallest absolute Gasteiger partial charge is 0.397 e. The number of hydrogen-bond acceptors (Lipinski definition) is 11. The Balaban J connectivity index is 2.19. The lowest BCUT2D eigenvalue weighted by molar-refractivity contribution is -0.160. The molecule has 11 nitrogen and oxygen atoms in total. The van der Waals surface area contributed by atoms with Crippen molar-refractivity contribution in [1.82, 2.24) is 9.91 Å². The zero-order valence-electron chi connectivity index (χ0n) is 17.5. The van der Waals surface area contributed by atoms with Crippen molar-refractivity contribution in [2.75, 3.05) is 20.8 Å². The summed E-state index contributed by atoms with van der Waals surface area (Å²) in [5.41, 5.74) is 1.23. The Morgan fingerprint density at radius 1 is 1.16 bits per heavy atom. The van der Waals surface area contributed by atoms with Crippen LogP contribution in [0.3, 0.4) is 0 Å². The summed E-state index contributed by atoms with van der Waals surface area (Å²) in [7, 11) is 2.33. The van der Waals surface area contributed by atoms with Crippen LogP contribution in [0.5, 0.6) is 0 Å². The largest absolute Gasteiger partial charge is 0.467 e. The molecule has 12 heteroatoms. The fourth-order valence-corrected chi connectivity index (χ4v) is 4.41.